The molecule has 0 aliphatic carbocycles. The highest BCUT2D eigenvalue weighted by atomic mass is 31.2. The van der Waals surface area contributed by atoms with E-state index in [4.69, 9.17) is 40.5 Å². The van der Waals surface area contributed by atoms with E-state index >= 15 is 0 Å². The summed E-state index contributed by atoms with van der Waals surface area (Å²) >= 11 is 0. The largest absolute Gasteiger partial charge is 0.477 e. The van der Waals surface area contributed by atoms with Crippen molar-refractivity contribution in [3.05, 3.63) is 71.8 Å². The van der Waals surface area contributed by atoms with Gasteiger partial charge in [-0.25, -0.2) is 14.2 Å². The van der Waals surface area contributed by atoms with Gasteiger partial charge in [-0.3, -0.25) is 13.6 Å². The van der Waals surface area contributed by atoms with Gasteiger partial charge in [0.1, 0.15) is 18.8 Å². The summed E-state index contributed by atoms with van der Waals surface area (Å²) in [7, 11) is 1.45. The lowest BCUT2D eigenvalue weighted by molar-refractivity contribution is -0.126. The Morgan fingerprint density at radius 3 is 1.90 bits per heavy atom. The van der Waals surface area contributed by atoms with Gasteiger partial charge in [0.2, 0.25) is 0 Å². The van der Waals surface area contributed by atoms with Gasteiger partial charge in [0, 0.05) is 0 Å². The van der Waals surface area contributed by atoms with E-state index in [2.05, 4.69) is 0 Å². The first-order chi connectivity index (χ1) is 18.9. The van der Waals surface area contributed by atoms with Gasteiger partial charge in [-0.2, -0.15) is 0 Å². The minimum absolute atomic E-state index is 0.130. The maximum atomic E-state index is 13.5. The highest BCUT2D eigenvalue weighted by molar-refractivity contribution is 7.48. The Morgan fingerprint density at radius 1 is 0.846 bits per heavy atom. The van der Waals surface area contributed by atoms with Crippen molar-refractivity contribution in [1.82, 2.24) is 0 Å². The quantitative estimate of drug-likeness (QED) is 0.120. The third kappa shape index (κ3) is 9.27. The molecule has 0 saturated carbocycles. The number of ether oxygens (including phenoxy) is 3. The number of benzene rings is 2. The molecular formula is C27H34BO10P. The second kappa shape index (κ2) is 15.9. The van der Waals surface area contributed by atoms with E-state index in [-0.39, 0.29) is 25.4 Å². The van der Waals surface area contributed by atoms with Crippen molar-refractivity contribution in [3.63, 3.8) is 0 Å². The third-order valence-electron chi connectivity index (χ3n) is 5.79. The van der Waals surface area contributed by atoms with Crippen molar-refractivity contribution in [3.8, 4) is 0 Å². The number of carbonyl (C=O) groups is 2. The van der Waals surface area contributed by atoms with E-state index in [9.17, 15) is 14.2 Å². The monoisotopic (exact) mass is 560 g/mol. The number of carbonyl (C=O) groups excluding carboxylic acids is 2. The minimum atomic E-state index is -4.12. The van der Waals surface area contributed by atoms with E-state index in [1.54, 1.807) is 60.7 Å². The molecule has 2 aromatic rings. The van der Waals surface area contributed by atoms with E-state index < -0.39 is 44.4 Å². The smallest absolute Gasteiger partial charge is 0.459 e. The van der Waals surface area contributed by atoms with Gasteiger partial charge in [-0.1, -0.05) is 63.1 Å². The fraction of sp³-hybridized carbons (Fsp3) is 0.481. The Hall–Kier alpha value is -2.53. The van der Waals surface area contributed by atoms with E-state index in [1.807, 2.05) is 13.8 Å². The molecule has 1 aliphatic heterocycles. The molecular weight excluding hydrogens is 526 g/mol. The van der Waals surface area contributed by atoms with Crippen LogP contribution in [-0.4, -0.2) is 64.4 Å². The molecule has 1 saturated heterocycles. The Morgan fingerprint density at radius 2 is 1.38 bits per heavy atom. The second-order valence-electron chi connectivity index (χ2n) is 8.77. The van der Waals surface area contributed by atoms with Crippen LogP contribution in [0.25, 0.3) is 0 Å². The molecule has 12 heteroatoms. The molecule has 1 fully saturated rings. The molecule has 2 radical (unpaired) electrons. The topological polar surface area (TPSA) is 116 Å². The summed E-state index contributed by atoms with van der Waals surface area (Å²) < 4.78 is 52.2. The van der Waals surface area contributed by atoms with Crippen LogP contribution in [0.5, 0.6) is 0 Å². The highest BCUT2D eigenvalue weighted by Gasteiger charge is 2.51. The van der Waals surface area contributed by atoms with Gasteiger partial charge in [-0.15, -0.1) is 0 Å². The molecule has 10 nitrogen and oxygen atoms in total. The molecule has 0 bridgehead atoms. The van der Waals surface area contributed by atoms with Crippen LogP contribution in [0.1, 0.15) is 60.2 Å². The number of esters is 2. The number of phosphoric ester groups is 1. The lowest BCUT2D eigenvalue weighted by Gasteiger charge is -2.25. The van der Waals surface area contributed by atoms with Crippen molar-refractivity contribution in [1.29, 1.82) is 0 Å². The average Bonchev–Trinajstić information content (AvgIpc) is 3.27. The van der Waals surface area contributed by atoms with Gasteiger partial charge in [-0.05, 0) is 37.1 Å². The Balaban J connectivity index is 1.79. The van der Waals surface area contributed by atoms with Crippen LogP contribution >= 0.6 is 7.82 Å². The van der Waals surface area contributed by atoms with Gasteiger partial charge >= 0.3 is 19.8 Å². The van der Waals surface area contributed by atoms with Crippen molar-refractivity contribution < 1.29 is 46.6 Å². The summed E-state index contributed by atoms with van der Waals surface area (Å²) in [6, 6.07) is 16.6. The Labute approximate surface area is 230 Å². The molecule has 39 heavy (non-hydrogen) atoms. The number of rotatable bonds is 16. The molecule has 1 aliphatic rings. The molecule has 210 valence electrons. The highest BCUT2D eigenvalue weighted by Crippen LogP contribution is 2.52. The molecule has 0 spiro atoms. The van der Waals surface area contributed by atoms with E-state index in [1.165, 1.54) is 0 Å². The first kappa shape index (κ1) is 31.0. The van der Waals surface area contributed by atoms with Crippen LogP contribution in [0, 0.1) is 0 Å². The third-order valence-corrected chi connectivity index (χ3v) is 7.26. The summed E-state index contributed by atoms with van der Waals surface area (Å²) in [6.07, 6.45) is -2.05. The Bertz CT molecular complexity index is 1060. The predicted molar refractivity (Wildman–Crippen MR) is 142 cm³/mol. The second-order valence-corrected chi connectivity index (χ2v) is 10.4. The number of unbranched alkanes of at least 4 members (excludes halogenated alkanes) is 2. The standard InChI is InChI=1S/C27H34BO10P/c1-3-5-17-33-39(31,34-18-6-4-2)38-27-24(37-28)23(36-26(30)21-15-11-8-12-16-21)22(35-27)19-32-25(29)20-13-9-7-10-14-20/h7-16,22-24,27H,3-6,17-19H2,1-2H3. The van der Waals surface area contributed by atoms with Gasteiger partial charge in [0.15, 0.2) is 12.4 Å². The van der Waals surface area contributed by atoms with Crippen molar-refractivity contribution in [2.45, 2.75) is 64.1 Å². The summed E-state index contributed by atoms with van der Waals surface area (Å²) in [5, 5.41) is 0. The summed E-state index contributed by atoms with van der Waals surface area (Å²) in [4.78, 5) is 25.4. The maximum Gasteiger partial charge on any atom is 0.477 e. The van der Waals surface area contributed by atoms with Crippen LogP contribution in [0.15, 0.2) is 60.7 Å². The molecule has 0 amide bonds. The molecule has 1 heterocycles. The first-order valence-corrected chi connectivity index (χ1v) is 14.4. The average molecular weight is 560 g/mol. The molecule has 4 unspecified atom stereocenters. The zero-order chi connectivity index (χ0) is 28.1. The zero-order valence-electron chi connectivity index (χ0n) is 22.1. The zero-order valence-corrected chi connectivity index (χ0v) is 23.0. The summed E-state index contributed by atoms with van der Waals surface area (Å²) in [6.45, 7) is 3.84. The summed E-state index contributed by atoms with van der Waals surface area (Å²) in [5.41, 5.74) is 0.597. The van der Waals surface area contributed by atoms with Crippen LogP contribution in [-0.2, 0) is 37.0 Å². The van der Waals surface area contributed by atoms with Crippen LogP contribution in [0.3, 0.4) is 0 Å². The van der Waals surface area contributed by atoms with Crippen LogP contribution < -0.4 is 0 Å². The molecule has 0 aromatic heterocycles. The maximum absolute atomic E-state index is 13.5. The normalized spacial score (nSPS) is 21.0. The van der Waals surface area contributed by atoms with E-state index in [0.29, 0.717) is 18.4 Å². The first-order valence-electron chi connectivity index (χ1n) is 13.0. The van der Waals surface area contributed by atoms with E-state index in [0.717, 1.165) is 12.8 Å². The van der Waals surface area contributed by atoms with Crippen molar-refractivity contribution >= 4 is 27.8 Å². The number of hydrogen-bond donors (Lipinski definition) is 0. The molecule has 2 aromatic carbocycles. The lowest BCUT2D eigenvalue weighted by Crippen LogP contribution is -2.41. The minimum Gasteiger partial charge on any atom is -0.459 e. The van der Waals surface area contributed by atoms with Crippen LogP contribution in [0.4, 0.5) is 0 Å². The molecule has 4 atom stereocenters. The summed E-state index contributed by atoms with van der Waals surface area (Å²) in [5.74, 6) is -1.30. The van der Waals surface area contributed by atoms with Crippen molar-refractivity contribution in [2.75, 3.05) is 19.8 Å². The SMILES string of the molecule is [B]OC1C(OP(=O)(OCCCC)OCCCC)OC(COC(=O)c2ccccc2)C1OC(=O)c1ccccc1. The van der Waals surface area contributed by atoms with Gasteiger partial charge in [0.25, 0.3) is 8.05 Å². The number of hydrogen-bond acceptors (Lipinski definition) is 10. The van der Waals surface area contributed by atoms with Gasteiger partial charge < -0.3 is 18.9 Å². The van der Waals surface area contributed by atoms with Gasteiger partial charge in [0.05, 0.1) is 24.3 Å². The predicted octanol–water partition coefficient (Wildman–Crippen LogP) is 5.02. The Kier molecular flexibility index (Phi) is 12.7. The number of phosphoric acid groups is 1. The lowest BCUT2D eigenvalue weighted by atomic mass is 10.1. The van der Waals surface area contributed by atoms with Crippen molar-refractivity contribution in [2.24, 2.45) is 0 Å². The fourth-order valence-corrected chi connectivity index (χ4v) is 4.97. The fourth-order valence-electron chi connectivity index (χ4n) is 3.65. The molecule has 0 N–H and O–H groups in total. The molecule has 3 rings (SSSR count). The van der Waals surface area contributed by atoms with Crippen LogP contribution in [0.2, 0.25) is 0 Å².